The molecule has 1 N–H and O–H groups in total. The summed E-state index contributed by atoms with van der Waals surface area (Å²) in [6.07, 6.45) is 6.39. The number of carbonyl (C=O) groups excluding carboxylic acids is 1. The first-order chi connectivity index (χ1) is 11.7. The van der Waals surface area contributed by atoms with Gasteiger partial charge in [0.15, 0.2) is 0 Å². The Hall–Kier alpha value is -1.37. The molecule has 1 amide bonds. The molecular formula is C17H23ClN4OS. The number of piperidine rings is 1. The standard InChI is InChI=1S/C17H23ClN4OS/c18-15-11-20-22(13-15)7-6-21-5-1-3-14(12-21)10-19-17(23)9-16-4-2-8-24-16/h2,4,8,11,13-14H,1,3,5-7,9-10,12H2,(H,19,23). The van der Waals surface area contributed by atoms with Crippen LogP contribution in [0, 0.1) is 5.92 Å². The van der Waals surface area contributed by atoms with Crippen molar-refractivity contribution in [3.8, 4) is 0 Å². The number of hydrogen-bond donors (Lipinski definition) is 1. The lowest BCUT2D eigenvalue weighted by atomic mass is 9.98. The van der Waals surface area contributed by atoms with Crippen LogP contribution < -0.4 is 5.32 Å². The molecule has 1 saturated heterocycles. The molecule has 0 radical (unpaired) electrons. The van der Waals surface area contributed by atoms with Gasteiger partial charge in [-0.1, -0.05) is 17.7 Å². The van der Waals surface area contributed by atoms with E-state index in [-0.39, 0.29) is 5.91 Å². The van der Waals surface area contributed by atoms with Gasteiger partial charge in [0.25, 0.3) is 0 Å². The third-order valence-corrected chi connectivity index (χ3v) is 5.42. The Morgan fingerprint density at radius 3 is 3.12 bits per heavy atom. The van der Waals surface area contributed by atoms with Crippen molar-refractivity contribution in [3.63, 3.8) is 0 Å². The van der Waals surface area contributed by atoms with Crippen LogP contribution in [0.3, 0.4) is 0 Å². The monoisotopic (exact) mass is 366 g/mol. The fourth-order valence-electron chi connectivity index (χ4n) is 3.12. The van der Waals surface area contributed by atoms with E-state index in [1.807, 2.05) is 28.4 Å². The molecule has 7 heteroatoms. The fourth-order valence-corrected chi connectivity index (χ4v) is 3.98. The Bertz CT molecular complexity index is 643. The molecule has 1 fully saturated rings. The largest absolute Gasteiger partial charge is 0.355 e. The van der Waals surface area contributed by atoms with Crippen LogP contribution in [0.4, 0.5) is 0 Å². The third kappa shape index (κ3) is 5.33. The Balaban J connectivity index is 1.38. The lowest BCUT2D eigenvalue weighted by Gasteiger charge is -2.32. The van der Waals surface area contributed by atoms with E-state index in [9.17, 15) is 4.79 Å². The van der Waals surface area contributed by atoms with E-state index in [0.29, 0.717) is 17.4 Å². The maximum atomic E-state index is 12.0. The normalized spacial score (nSPS) is 18.6. The summed E-state index contributed by atoms with van der Waals surface area (Å²) in [6.45, 7) is 4.75. The maximum absolute atomic E-state index is 12.0. The first-order valence-corrected chi connectivity index (χ1v) is 9.64. The van der Waals surface area contributed by atoms with E-state index >= 15 is 0 Å². The smallest absolute Gasteiger partial charge is 0.225 e. The SMILES string of the molecule is O=C(Cc1cccs1)NCC1CCCN(CCn2cc(Cl)cn2)C1. The number of hydrogen-bond acceptors (Lipinski definition) is 4. The molecule has 2 aromatic heterocycles. The average Bonchev–Trinajstić information content (AvgIpc) is 3.23. The van der Waals surface area contributed by atoms with Crippen LogP contribution in [0.2, 0.25) is 5.02 Å². The highest BCUT2D eigenvalue weighted by molar-refractivity contribution is 7.10. The van der Waals surface area contributed by atoms with Gasteiger partial charge in [-0.15, -0.1) is 11.3 Å². The molecule has 0 saturated carbocycles. The molecule has 2 aromatic rings. The highest BCUT2D eigenvalue weighted by atomic mass is 35.5. The second-order valence-corrected chi connectivity index (χ2v) is 7.76. The fraction of sp³-hybridized carbons (Fsp3) is 0.529. The van der Waals surface area contributed by atoms with E-state index in [4.69, 9.17) is 11.6 Å². The zero-order chi connectivity index (χ0) is 16.8. The zero-order valence-electron chi connectivity index (χ0n) is 13.7. The quantitative estimate of drug-likeness (QED) is 0.819. The molecule has 0 aromatic carbocycles. The van der Waals surface area contributed by atoms with Crippen molar-refractivity contribution >= 4 is 28.8 Å². The minimum atomic E-state index is 0.126. The number of likely N-dealkylation sites (tertiary alicyclic amines) is 1. The van der Waals surface area contributed by atoms with Crippen LogP contribution in [-0.4, -0.2) is 46.8 Å². The number of nitrogens with zero attached hydrogens (tertiary/aromatic N) is 3. The van der Waals surface area contributed by atoms with Gasteiger partial charge in [-0.2, -0.15) is 5.10 Å². The van der Waals surface area contributed by atoms with Gasteiger partial charge in [0, 0.05) is 30.7 Å². The first-order valence-electron chi connectivity index (χ1n) is 8.38. The summed E-state index contributed by atoms with van der Waals surface area (Å²) in [5.74, 6) is 0.660. The van der Waals surface area contributed by atoms with Gasteiger partial charge in [-0.3, -0.25) is 9.48 Å². The molecule has 3 rings (SSSR count). The molecule has 24 heavy (non-hydrogen) atoms. The Labute approximate surface area is 151 Å². The number of aromatic nitrogens is 2. The number of carbonyl (C=O) groups is 1. The highest BCUT2D eigenvalue weighted by Gasteiger charge is 2.20. The molecule has 3 heterocycles. The second-order valence-electron chi connectivity index (χ2n) is 6.29. The van der Waals surface area contributed by atoms with Crippen LogP contribution in [-0.2, 0) is 17.8 Å². The predicted molar refractivity (Wildman–Crippen MR) is 97.4 cm³/mol. The summed E-state index contributed by atoms with van der Waals surface area (Å²) in [5.41, 5.74) is 0. The number of nitrogens with one attached hydrogen (secondary N) is 1. The van der Waals surface area contributed by atoms with Crippen molar-refractivity contribution in [3.05, 3.63) is 39.8 Å². The summed E-state index contributed by atoms with van der Waals surface area (Å²) in [7, 11) is 0. The topological polar surface area (TPSA) is 50.2 Å². The summed E-state index contributed by atoms with van der Waals surface area (Å²) in [5, 5.41) is 10.00. The Kier molecular flexibility index (Phi) is 6.29. The van der Waals surface area contributed by atoms with Gasteiger partial charge in [0.1, 0.15) is 0 Å². The van der Waals surface area contributed by atoms with Crippen molar-refractivity contribution in [2.45, 2.75) is 25.8 Å². The summed E-state index contributed by atoms with van der Waals surface area (Å²) in [4.78, 5) is 15.6. The average molecular weight is 367 g/mol. The molecular weight excluding hydrogens is 344 g/mol. The zero-order valence-corrected chi connectivity index (χ0v) is 15.2. The van der Waals surface area contributed by atoms with E-state index in [1.165, 1.54) is 12.8 Å². The lowest BCUT2D eigenvalue weighted by Crippen LogP contribution is -2.42. The molecule has 1 aliphatic heterocycles. The van der Waals surface area contributed by atoms with Crippen molar-refractivity contribution in [2.75, 3.05) is 26.2 Å². The number of rotatable bonds is 7. The summed E-state index contributed by atoms with van der Waals surface area (Å²) in [6, 6.07) is 3.99. The van der Waals surface area contributed by atoms with Crippen molar-refractivity contribution in [2.24, 2.45) is 5.92 Å². The summed E-state index contributed by atoms with van der Waals surface area (Å²) < 4.78 is 1.88. The van der Waals surface area contributed by atoms with Gasteiger partial charge >= 0.3 is 0 Å². The van der Waals surface area contributed by atoms with Gasteiger partial charge in [0.05, 0.1) is 24.2 Å². The van der Waals surface area contributed by atoms with Crippen LogP contribution in [0.15, 0.2) is 29.9 Å². The highest BCUT2D eigenvalue weighted by Crippen LogP contribution is 2.16. The van der Waals surface area contributed by atoms with Crippen molar-refractivity contribution in [1.82, 2.24) is 20.0 Å². The van der Waals surface area contributed by atoms with E-state index < -0.39 is 0 Å². The summed E-state index contributed by atoms with van der Waals surface area (Å²) >= 11 is 7.52. The van der Waals surface area contributed by atoms with Crippen molar-refractivity contribution in [1.29, 1.82) is 0 Å². The lowest BCUT2D eigenvalue weighted by molar-refractivity contribution is -0.120. The molecule has 1 aliphatic rings. The van der Waals surface area contributed by atoms with Crippen molar-refractivity contribution < 1.29 is 4.79 Å². The number of amides is 1. The molecule has 0 aliphatic carbocycles. The van der Waals surface area contributed by atoms with Crippen LogP contribution >= 0.6 is 22.9 Å². The molecule has 0 spiro atoms. The molecule has 130 valence electrons. The predicted octanol–water partition coefficient (Wildman–Crippen LogP) is 2.67. The van der Waals surface area contributed by atoms with E-state index in [0.717, 1.165) is 37.6 Å². The number of thiophene rings is 1. The van der Waals surface area contributed by atoms with Gasteiger partial charge in [0.2, 0.25) is 5.91 Å². The second kappa shape index (κ2) is 8.65. The molecule has 0 bridgehead atoms. The van der Waals surface area contributed by atoms with E-state index in [2.05, 4.69) is 15.3 Å². The first kappa shape index (κ1) is 17.5. The van der Waals surface area contributed by atoms with E-state index in [1.54, 1.807) is 17.5 Å². The number of halogens is 1. The minimum Gasteiger partial charge on any atom is -0.355 e. The maximum Gasteiger partial charge on any atom is 0.225 e. The molecule has 1 unspecified atom stereocenters. The Morgan fingerprint density at radius 2 is 2.38 bits per heavy atom. The van der Waals surface area contributed by atoms with Gasteiger partial charge in [-0.25, -0.2) is 0 Å². The van der Waals surface area contributed by atoms with Gasteiger partial charge < -0.3 is 10.2 Å². The van der Waals surface area contributed by atoms with Crippen LogP contribution in [0.1, 0.15) is 17.7 Å². The molecule has 5 nitrogen and oxygen atoms in total. The molecule has 1 atom stereocenters. The van der Waals surface area contributed by atoms with Gasteiger partial charge in [-0.05, 0) is 36.8 Å². The van der Waals surface area contributed by atoms with Crippen LogP contribution in [0.25, 0.3) is 0 Å². The van der Waals surface area contributed by atoms with Crippen LogP contribution in [0.5, 0.6) is 0 Å². The Morgan fingerprint density at radius 1 is 1.46 bits per heavy atom. The minimum absolute atomic E-state index is 0.126. The third-order valence-electron chi connectivity index (χ3n) is 4.35.